The van der Waals surface area contributed by atoms with Gasteiger partial charge in [-0.05, 0) is 31.4 Å². The molecule has 0 radical (unpaired) electrons. The van der Waals surface area contributed by atoms with E-state index in [1.807, 2.05) is 16.0 Å². The van der Waals surface area contributed by atoms with E-state index in [1.165, 1.54) is 13.1 Å². The van der Waals surface area contributed by atoms with Gasteiger partial charge in [-0.25, -0.2) is 4.79 Å². The van der Waals surface area contributed by atoms with Gasteiger partial charge in [-0.15, -0.1) is 0 Å². The number of aromatic nitrogens is 1. The van der Waals surface area contributed by atoms with Gasteiger partial charge >= 0.3 is 29.8 Å². The molecule has 0 bridgehead atoms. The Morgan fingerprint density at radius 3 is 1.42 bits per heavy atom. The summed E-state index contributed by atoms with van der Waals surface area (Å²) in [5.41, 5.74) is 11.9. The number of aliphatic carboxylic acids is 5. The van der Waals surface area contributed by atoms with Crippen LogP contribution in [-0.2, 0) is 64.0 Å². The summed E-state index contributed by atoms with van der Waals surface area (Å²) in [7, 11) is 0. The number of benzene rings is 1. The van der Waals surface area contributed by atoms with E-state index in [4.69, 9.17) is 21.7 Å². The van der Waals surface area contributed by atoms with Crippen molar-refractivity contribution in [1.29, 1.82) is 0 Å². The normalized spacial score (nSPS) is 14.2. The van der Waals surface area contributed by atoms with Crippen LogP contribution in [0.15, 0.2) is 30.5 Å². The second-order valence-corrected chi connectivity index (χ2v) is 13.8. The van der Waals surface area contributed by atoms with Crippen molar-refractivity contribution in [3.05, 3.63) is 36.0 Å². The Kier molecular flexibility index (Phi) is 19.4. The van der Waals surface area contributed by atoms with E-state index in [1.54, 1.807) is 24.3 Å². The van der Waals surface area contributed by atoms with Crippen LogP contribution in [0, 0.1) is 0 Å². The number of amides is 7. The fourth-order valence-electron chi connectivity index (χ4n) is 5.63. The molecule has 1 aromatic heterocycles. The van der Waals surface area contributed by atoms with E-state index in [9.17, 15) is 72.9 Å². The van der Waals surface area contributed by atoms with Crippen LogP contribution in [-0.4, -0.2) is 144 Å². The Hall–Kier alpha value is -7.64. The summed E-state index contributed by atoms with van der Waals surface area (Å²) in [6.07, 6.45) is -4.78. The number of H-pyrrole nitrogens is 1. The molecule has 0 saturated carbocycles. The quantitative estimate of drug-likeness (QED) is 0.0403. The standard InChI is InChI=1S/C36H47N9O17/c1-15(37)30(55)40-19(6-8-25(38)46)31(56)42-21(10-16-14-39-18-5-3-2-4-17(16)18)33(58)43-23(12-28(51)52)35(60)44-22(11-27(49)50)34(59)41-20(7-9-26(47)48)32(57)45-24(36(61)62)13-29(53)54/h2-5,14-15,19-24,39H,6-13,37H2,1H3,(H2,38,46)(H,40,55)(H,41,59)(H,42,56)(H,43,58)(H,44,60)(H,45,57)(H,47,48)(H,49,50)(H,51,52)(H,53,54)(H,61,62)/t15-,19-,20-,21-,22-,23-,24-/m0/s1. The number of hydrogen-bond acceptors (Lipinski definition) is 13. The third kappa shape index (κ3) is 16.9. The summed E-state index contributed by atoms with van der Waals surface area (Å²) in [6, 6.07) is -5.84. The molecule has 2 aromatic rings. The third-order valence-corrected chi connectivity index (χ3v) is 8.75. The Bertz CT molecular complexity index is 2050. The van der Waals surface area contributed by atoms with Gasteiger partial charge in [0.25, 0.3) is 0 Å². The number of hydrogen-bond donors (Lipinski definition) is 14. The topological polar surface area (TPSA) is 446 Å². The van der Waals surface area contributed by atoms with Crippen molar-refractivity contribution in [3.8, 4) is 0 Å². The minimum absolute atomic E-state index is 0.341. The molecule has 0 aliphatic heterocycles. The first kappa shape index (κ1) is 50.5. The second kappa shape index (κ2) is 23.8. The number of carboxylic acids is 5. The minimum atomic E-state index is -2.18. The van der Waals surface area contributed by atoms with Gasteiger partial charge in [0.1, 0.15) is 36.3 Å². The van der Waals surface area contributed by atoms with Crippen molar-refractivity contribution in [2.75, 3.05) is 0 Å². The van der Waals surface area contributed by atoms with Crippen LogP contribution in [0.25, 0.3) is 10.9 Å². The molecule has 0 saturated heterocycles. The molecule has 62 heavy (non-hydrogen) atoms. The van der Waals surface area contributed by atoms with Gasteiger partial charge in [0, 0.05) is 36.4 Å². The lowest BCUT2D eigenvalue weighted by Crippen LogP contribution is -2.60. The average molecular weight is 878 g/mol. The molecule has 2 rings (SSSR count). The molecule has 0 unspecified atom stereocenters. The van der Waals surface area contributed by atoms with Gasteiger partial charge in [0.05, 0.1) is 25.3 Å². The highest BCUT2D eigenvalue weighted by molar-refractivity contribution is 5.99. The molecule has 338 valence electrons. The predicted molar refractivity (Wildman–Crippen MR) is 207 cm³/mol. The number of primary amides is 1. The number of aromatic amines is 1. The number of rotatable bonds is 27. The summed E-state index contributed by atoms with van der Waals surface area (Å²) in [5, 5.41) is 59.9. The van der Waals surface area contributed by atoms with Gasteiger partial charge in [-0.2, -0.15) is 0 Å². The number of carbonyl (C=O) groups excluding carboxylic acids is 7. The Labute approximate surface area is 349 Å². The average Bonchev–Trinajstić information content (AvgIpc) is 3.58. The predicted octanol–water partition coefficient (Wildman–Crippen LogP) is -4.39. The third-order valence-electron chi connectivity index (χ3n) is 8.75. The molecule has 7 amide bonds. The summed E-state index contributed by atoms with van der Waals surface area (Å²) in [5.74, 6) is -16.7. The SMILES string of the molecule is C[C@H](N)C(=O)N[C@@H](CCC(N)=O)C(=O)N[C@@H](Cc1c[nH]c2ccccc12)C(=O)N[C@@H](CC(=O)O)C(=O)N[C@@H](CC(=O)O)C(=O)N[C@@H](CCC(=O)O)C(=O)N[C@@H](CC(=O)O)C(=O)O. The summed E-state index contributed by atoms with van der Waals surface area (Å²) in [4.78, 5) is 152. The molecule has 1 heterocycles. The van der Waals surface area contributed by atoms with Crippen LogP contribution in [0.4, 0.5) is 0 Å². The van der Waals surface area contributed by atoms with Crippen LogP contribution in [0.2, 0.25) is 0 Å². The van der Waals surface area contributed by atoms with E-state index in [2.05, 4.69) is 20.9 Å². The first-order chi connectivity index (χ1) is 29.0. The molecule has 16 N–H and O–H groups in total. The van der Waals surface area contributed by atoms with E-state index in [0.29, 0.717) is 16.5 Å². The van der Waals surface area contributed by atoms with E-state index < -0.39 is 152 Å². The number of carbonyl (C=O) groups is 12. The van der Waals surface area contributed by atoms with E-state index in [0.717, 1.165) is 0 Å². The van der Waals surface area contributed by atoms with Gasteiger partial charge in [-0.3, -0.25) is 52.7 Å². The van der Waals surface area contributed by atoms with Crippen LogP contribution in [0.1, 0.15) is 57.4 Å². The summed E-state index contributed by atoms with van der Waals surface area (Å²) < 4.78 is 0. The first-order valence-electron chi connectivity index (χ1n) is 18.5. The fraction of sp³-hybridized carbons (Fsp3) is 0.444. The fourth-order valence-corrected chi connectivity index (χ4v) is 5.63. The highest BCUT2D eigenvalue weighted by atomic mass is 16.4. The van der Waals surface area contributed by atoms with Gasteiger partial charge in [0.2, 0.25) is 41.4 Å². The second-order valence-electron chi connectivity index (χ2n) is 13.8. The molecule has 0 aliphatic carbocycles. The smallest absolute Gasteiger partial charge is 0.326 e. The maximum Gasteiger partial charge on any atom is 0.326 e. The number of fused-ring (bicyclic) bond motifs is 1. The highest BCUT2D eigenvalue weighted by Gasteiger charge is 2.36. The zero-order valence-electron chi connectivity index (χ0n) is 32.9. The van der Waals surface area contributed by atoms with E-state index in [-0.39, 0.29) is 12.8 Å². The Morgan fingerprint density at radius 2 is 0.952 bits per heavy atom. The molecule has 26 heteroatoms. The zero-order chi connectivity index (χ0) is 46.8. The zero-order valence-corrected chi connectivity index (χ0v) is 32.9. The van der Waals surface area contributed by atoms with Crippen molar-refractivity contribution in [2.24, 2.45) is 11.5 Å². The largest absolute Gasteiger partial charge is 0.481 e. The lowest BCUT2D eigenvalue weighted by atomic mass is 10.0. The summed E-state index contributed by atoms with van der Waals surface area (Å²) in [6.45, 7) is 1.31. The van der Waals surface area contributed by atoms with Crippen LogP contribution < -0.4 is 43.4 Å². The van der Waals surface area contributed by atoms with Crippen LogP contribution >= 0.6 is 0 Å². The van der Waals surface area contributed by atoms with Crippen molar-refractivity contribution in [3.63, 3.8) is 0 Å². The van der Waals surface area contributed by atoms with Crippen LogP contribution in [0.3, 0.4) is 0 Å². The molecular formula is C36H47N9O17. The molecular weight excluding hydrogens is 830 g/mol. The number of nitrogens with two attached hydrogens (primary N) is 2. The maximum atomic E-state index is 14.0. The molecule has 26 nitrogen and oxygen atoms in total. The number of nitrogens with one attached hydrogen (secondary N) is 7. The van der Waals surface area contributed by atoms with Gasteiger partial charge in [0.15, 0.2) is 0 Å². The molecule has 0 aliphatic rings. The molecule has 7 atom stereocenters. The molecule has 1 aromatic carbocycles. The van der Waals surface area contributed by atoms with Gasteiger partial charge < -0.3 is 73.9 Å². The Morgan fingerprint density at radius 1 is 0.548 bits per heavy atom. The maximum absolute atomic E-state index is 14.0. The van der Waals surface area contributed by atoms with Crippen LogP contribution in [0.5, 0.6) is 0 Å². The first-order valence-corrected chi connectivity index (χ1v) is 18.5. The summed E-state index contributed by atoms with van der Waals surface area (Å²) >= 11 is 0. The lowest BCUT2D eigenvalue weighted by Gasteiger charge is -2.27. The van der Waals surface area contributed by atoms with Crippen molar-refractivity contribution < 1.29 is 83.1 Å². The van der Waals surface area contributed by atoms with Crippen molar-refractivity contribution >= 4 is 82.1 Å². The lowest BCUT2D eigenvalue weighted by molar-refractivity contribution is -0.147. The minimum Gasteiger partial charge on any atom is -0.481 e. The van der Waals surface area contributed by atoms with E-state index >= 15 is 0 Å². The number of carboxylic acid groups (broad SMARTS) is 5. The van der Waals surface area contributed by atoms with Crippen molar-refractivity contribution in [2.45, 2.75) is 101 Å². The molecule has 0 fully saturated rings. The Balaban J connectivity index is 2.48. The monoisotopic (exact) mass is 877 g/mol. The highest BCUT2D eigenvalue weighted by Crippen LogP contribution is 2.19. The number of para-hydroxylation sites is 1. The van der Waals surface area contributed by atoms with Gasteiger partial charge in [-0.1, -0.05) is 18.2 Å². The molecule has 0 spiro atoms. The van der Waals surface area contributed by atoms with Crippen molar-refractivity contribution in [1.82, 2.24) is 36.9 Å².